The summed E-state index contributed by atoms with van der Waals surface area (Å²) in [6.45, 7) is 0. The summed E-state index contributed by atoms with van der Waals surface area (Å²) < 4.78 is 6.48. The minimum absolute atomic E-state index is 0.900. The van der Waals surface area contributed by atoms with Crippen LogP contribution in [0.2, 0.25) is 0 Å². The van der Waals surface area contributed by atoms with Crippen molar-refractivity contribution in [3.63, 3.8) is 0 Å². The number of hydrogen-bond acceptors (Lipinski definition) is 2. The Balaban J connectivity index is 1.09. The van der Waals surface area contributed by atoms with E-state index in [-0.39, 0.29) is 0 Å². The highest BCUT2D eigenvalue weighted by Gasteiger charge is 2.21. The van der Waals surface area contributed by atoms with Crippen molar-refractivity contribution in [2.45, 2.75) is 0 Å². The summed E-state index contributed by atoms with van der Waals surface area (Å²) >= 11 is 0. The quantitative estimate of drug-likeness (QED) is 0.153. The van der Waals surface area contributed by atoms with Gasteiger partial charge in [-0.05, 0) is 91.7 Å². The minimum Gasteiger partial charge on any atom is -0.455 e. The van der Waals surface area contributed by atoms with E-state index in [0.717, 1.165) is 61.3 Å². The second-order valence-electron chi connectivity index (χ2n) is 15.2. The summed E-state index contributed by atoms with van der Waals surface area (Å²) in [6, 6.07) is 84.9. The van der Waals surface area contributed by atoms with Crippen molar-refractivity contribution < 1.29 is 4.42 Å². The molecule has 2 nitrogen and oxygen atoms in total. The SMILES string of the molecule is c1ccc(-c2ccccc2-c2ccccc2-c2ccccc2N(c2ccc(-c3cccc4c3oc3ccccc34)cc2)c2cccc(-c3cccc4ccccc34)c2)cc1. The average Bonchev–Trinajstić information content (AvgIpc) is 3.71. The summed E-state index contributed by atoms with van der Waals surface area (Å²) in [5.41, 5.74) is 16.7. The van der Waals surface area contributed by atoms with Crippen molar-refractivity contribution in [2.24, 2.45) is 0 Å². The van der Waals surface area contributed by atoms with E-state index in [2.05, 4.69) is 229 Å². The second-order valence-corrected chi connectivity index (χ2v) is 15.2. The molecule has 11 rings (SSSR count). The first-order chi connectivity index (χ1) is 29.8. The lowest BCUT2D eigenvalue weighted by atomic mass is 9.88. The van der Waals surface area contributed by atoms with E-state index >= 15 is 0 Å². The van der Waals surface area contributed by atoms with Crippen LogP contribution < -0.4 is 4.90 Å². The molecule has 1 aromatic heterocycles. The third-order valence-corrected chi connectivity index (χ3v) is 11.7. The van der Waals surface area contributed by atoms with E-state index in [0.29, 0.717) is 0 Å². The van der Waals surface area contributed by atoms with E-state index in [9.17, 15) is 0 Å². The molecule has 60 heavy (non-hydrogen) atoms. The normalized spacial score (nSPS) is 11.3. The lowest BCUT2D eigenvalue weighted by Crippen LogP contribution is -2.11. The number of hydrogen-bond donors (Lipinski definition) is 0. The Bertz CT molecular complexity index is 3320. The predicted molar refractivity (Wildman–Crippen MR) is 253 cm³/mol. The highest BCUT2D eigenvalue weighted by atomic mass is 16.3. The molecule has 0 aliphatic rings. The summed E-state index contributed by atoms with van der Waals surface area (Å²) in [6.07, 6.45) is 0. The third kappa shape index (κ3) is 6.23. The van der Waals surface area contributed by atoms with E-state index in [1.165, 1.54) is 44.2 Å². The highest BCUT2D eigenvalue weighted by Crippen LogP contribution is 2.46. The molecule has 0 aliphatic heterocycles. The Labute approximate surface area is 349 Å². The molecule has 10 aromatic carbocycles. The molecule has 0 spiro atoms. The summed E-state index contributed by atoms with van der Waals surface area (Å²) in [7, 11) is 0. The smallest absolute Gasteiger partial charge is 0.143 e. The molecule has 0 N–H and O–H groups in total. The average molecular weight is 766 g/mol. The maximum Gasteiger partial charge on any atom is 0.143 e. The zero-order chi connectivity index (χ0) is 39.8. The molecule has 0 unspecified atom stereocenters. The second kappa shape index (κ2) is 15.1. The molecule has 282 valence electrons. The van der Waals surface area contributed by atoms with Crippen LogP contribution in [0, 0.1) is 0 Å². The first-order valence-corrected chi connectivity index (χ1v) is 20.5. The van der Waals surface area contributed by atoms with Crippen LogP contribution in [0.1, 0.15) is 0 Å². The van der Waals surface area contributed by atoms with Gasteiger partial charge < -0.3 is 9.32 Å². The molecule has 11 aromatic rings. The van der Waals surface area contributed by atoms with Crippen molar-refractivity contribution in [3.05, 3.63) is 237 Å². The Morgan fingerprint density at radius 2 is 0.800 bits per heavy atom. The molecular weight excluding hydrogens is 727 g/mol. The zero-order valence-electron chi connectivity index (χ0n) is 32.9. The molecule has 2 heteroatoms. The fourth-order valence-corrected chi connectivity index (χ4v) is 8.92. The number of nitrogens with zero attached hydrogens (tertiary/aromatic N) is 1. The lowest BCUT2D eigenvalue weighted by molar-refractivity contribution is 0.670. The molecular formula is C58H39NO. The first-order valence-electron chi connectivity index (χ1n) is 20.5. The molecule has 0 atom stereocenters. The molecule has 0 fully saturated rings. The fraction of sp³-hybridized carbons (Fsp3) is 0. The van der Waals surface area contributed by atoms with Gasteiger partial charge in [0.15, 0.2) is 0 Å². The molecule has 0 radical (unpaired) electrons. The summed E-state index contributed by atoms with van der Waals surface area (Å²) in [4.78, 5) is 2.41. The predicted octanol–water partition coefficient (Wildman–Crippen LogP) is 16.5. The van der Waals surface area contributed by atoms with Crippen LogP contribution in [-0.2, 0) is 0 Å². The fourth-order valence-electron chi connectivity index (χ4n) is 8.92. The number of benzene rings is 10. The van der Waals surface area contributed by atoms with Crippen molar-refractivity contribution in [2.75, 3.05) is 4.90 Å². The van der Waals surface area contributed by atoms with Gasteiger partial charge in [-0.25, -0.2) is 0 Å². The number of fused-ring (bicyclic) bond motifs is 4. The Morgan fingerprint density at radius 3 is 1.62 bits per heavy atom. The molecule has 1 heterocycles. The van der Waals surface area contributed by atoms with E-state index < -0.39 is 0 Å². The summed E-state index contributed by atoms with van der Waals surface area (Å²) in [5.74, 6) is 0. The van der Waals surface area contributed by atoms with Gasteiger partial charge in [-0.2, -0.15) is 0 Å². The van der Waals surface area contributed by atoms with Crippen molar-refractivity contribution in [1.29, 1.82) is 0 Å². The van der Waals surface area contributed by atoms with E-state index in [1.54, 1.807) is 0 Å². The van der Waals surface area contributed by atoms with Crippen LogP contribution in [0.4, 0.5) is 17.1 Å². The van der Waals surface area contributed by atoms with Crippen molar-refractivity contribution >= 4 is 49.8 Å². The minimum atomic E-state index is 0.900. The number of furan rings is 1. The van der Waals surface area contributed by atoms with Crippen LogP contribution in [0.5, 0.6) is 0 Å². The van der Waals surface area contributed by atoms with Crippen LogP contribution in [0.15, 0.2) is 241 Å². The van der Waals surface area contributed by atoms with Crippen LogP contribution >= 0.6 is 0 Å². The Hall–Kier alpha value is -7.94. The van der Waals surface area contributed by atoms with Gasteiger partial charge in [0.1, 0.15) is 11.2 Å². The van der Waals surface area contributed by atoms with Gasteiger partial charge in [0.25, 0.3) is 0 Å². The molecule has 0 amide bonds. The van der Waals surface area contributed by atoms with Gasteiger partial charge in [-0.3, -0.25) is 0 Å². The number of para-hydroxylation sites is 3. The molecule has 0 bridgehead atoms. The van der Waals surface area contributed by atoms with Gasteiger partial charge in [0, 0.05) is 33.3 Å². The standard InChI is InChI=1S/C58H39NO/c1-2-17-40(18-3-1)47-24-6-7-25-50(47)51-26-8-9-27-52(51)53-28-10-12-33-56(53)59(45-22-14-21-43(39-45)48-30-15-20-41-19-4-5-23-46(41)48)44-37-35-42(36-38-44)49-31-16-32-55-54-29-11-13-34-57(54)60-58(49)55/h1-39H. The maximum absolute atomic E-state index is 6.48. The van der Waals surface area contributed by atoms with E-state index in [4.69, 9.17) is 4.42 Å². The topological polar surface area (TPSA) is 16.4 Å². The van der Waals surface area contributed by atoms with Crippen LogP contribution in [0.3, 0.4) is 0 Å². The van der Waals surface area contributed by atoms with Crippen LogP contribution in [-0.4, -0.2) is 0 Å². The lowest BCUT2D eigenvalue weighted by Gasteiger charge is -2.29. The largest absolute Gasteiger partial charge is 0.455 e. The number of rotatable bonds is 8. The number of anilines is 3. The Morgan fingerprint density at radius 1 is 0.283 bits per heavy atom. The molecule has 0 saturated carbocycles. The maximum atomic E-state index is 6.48. The highest BCUT2D eigenvalue weighted by molar-refractivity contribution is 6.09. The van der Waals surface area contributed by atoms with Crippen molar-refractivity contribution in [3.8, 4) is 55.6 Å². The van der Waals surface area contributed by atoms with Crippen molar-refractivity contribution in [1.82, 2.24) is 0 Å². The van der Waals surface area contributed by atoms with Crippen LogP contribution in [0.25, 0.3) is 88.3 Å². The Kier molecular flexibility index (Phi) is 8.87. The van der Waals surface area contributed by atoms with Gasteiger partial charge in [0.2, 0.25) is 0 Å². The van der Waals surface area contributed by atoms with E-state index in [1.807, 2.05) is 12.1 Å². The summed E-state index contributed by atoms with van der Waals surface area (Å²) in [5, 5.41) is 4.72. The van der Waals surface area contributed by atoms with Gasteiger partial charge in [-0.1, -0.05) is 200 Å². The first kappa shape index (κ1) is 35.2. The zero-order valence-corrected chi connectivity index (χ0v) is 32.9. The van der Waals surface area contributed by atoms with Gasteiger partial charge in [-0.15, -0.1) is 0 Å². The van der Waals surface area contributed by atoms with Gasteiger partial charge in [0.05, 0.1) is 5.69 Å². The molecule has 0 aliphatic carbocycles. The third-order valence-electron chi connectivity index (χ3n) is 11.7. The monoisotopic (exact) mass is 765 g/mol. The van der Waals surface area contributed by atoms with Gasteiger partial charge >= 0.3 is 0 Å². The molecule has 0 saturated heterocycles.